The molecule has 2 aromatic carbocycles. The smallest absolute Gasteiger partial charge is 0.191 e. The first-order valence-electron chi connectivity index (χ1n) is 9.02. The van der Waals surface area contributed by atoms with E-state index in [1.165, 1.54) is 11.1 Å². The van der Waals surface area contributed by atoms with Gasteiger partial charge in [0.25, 0.3) is 0 Å². The van der Waals surface area contributed by atoms with Crippen molar-refractivity contribution < 1.29 is 9.47 Å². The van der Waals surface area contributed by atoms with Crippen molar-refractivity contribution in [3.05, 3.63) is 58.7 Å². The van der Waals surface area contributed by atoms with Crippen molar-refractivity contribution in [1.82, 2.24) is 10.6 Å². The van der Waals surface area contributed by atoms with Crippen LogP contribution in [0, 0.1) is 6.92 Å². The Hall–Kier alpha value is -2.69. The van der Waals surface area contributed by atoms with E-state index >= 15 is 0 Å². The summed E-state index contributed by atoms with van der Waals surface area (Å²) in [5.41, 5.74) is 4.94. The number of hydrogen-bond donors (Lipinski definition) is 2. The van der Waals surface area contributed by atoms with Crippen LogP contribution in [0.25, 0.3) is 0 Å². The molecule has 138 valence electrons. The van der Waals surface area contributed by atoms with Crippen LogP contribution >= 0.6 is 0 Å². The van der Waals surface area contributed by atoms with Crippen LogP contribution in [0.1, 0.15) is 22.3 Å². The van der Waals surface area contributed by atoms with Crippen LogP contribution in [0.4, 0.5) is 0 Å². The number of fused-ring (bicyclic) bond motifs is 1. The van der Waals surface area contributed by atoms with Gasteiger partial charge in [0.2, 0.25) is 0 Å². The van der Waals surface area contributed by atoms with Gasteiger partial charge < -0.3 is 20.1 Å². The lowest BCUT2D eigenvalue weighted by Crippen LogP contribution is -2.37. The highest BCUT2D eigenvalue weighted by atomic mass is 16.5. The first-order valence-corrected chi connectivity index (χ1v) is 9.02. The minimum Gasteiger partial charge on any atom is -0.496 e. The molecule has 0 saturated carbocycles. The summed E-state index contributed by atoms with van der Waals surface area (Å²) in [6, 6.07) is 12.7. The second-order valence-corrected chi connectivity index (χ2v) is 6.45. The van der Waals surface area contributed by atoms with E-state index in [1.807, 2.05) is 6.92 Å². The average molecular weight is 353 g/mol. The van der Waals surface area contributed by atoms with Crippen LogP contribution in [0.2, 0.25) is 0 Å². The van der Waals surface area contributed by atoms with Crippen molar-refractivity contribution in [3.8, 4) is 11.5 Å². The summed E-state index contributed by atoms with van der Waals surface area (Å²) in [6.07, 6.45) is 1.96. The third-order valence-corrected chi connectivity index (χ3v) is 4.62. The lowest BCUT2D eigenvalue weighted by molar-refractivity contribution is 0.357. The van der Waals surface area contributed by atoms with Gasteiger partial charge in [0.1, 0.15) is 11.5 Å². The van der Waals surface area contributed by atoms with Gasteiger partial charge in [-0.2, -0.15) is 0 Å². The number of rotatable bonds is 6. The predicted molar refractivity (Wildman–Crippen MR) is 105 cm³/mol. The molecule has 1 heterocycles. The Bertz CT molecular complexity index is 787. The molecule has 5 heteroatoms. The number of hydrogen-bond acceptors (Lipinski definition) is 3. The van der Waals surface area contributed by atoms with Crippen LogP contribution < -0.4 is 20.1 Å². The molecule has 5 nitrogen and oxygen atoms in total. The lowest BCUT2D eigenvalue weighted by Gasteiger charge is -2.13. The van der Waals surface area contributed by atoms with E-state index in [-0.39, 0.29) is 0 Å². The largest absolute Gasteiger partial charge is 0.496 e. The fourth-order valence-electron chi connectivity index (χ4n) is 3.10. The minimum atomic E-state index is 0.701. The Morgan fingerprint density at radius 3 is 2.81 bits per heavy atom. The number of aliphatic imine (C=N–C) groups is 1. The molecule has 2 aromatic rings. The van der Waals surface area contributed by atoms with Gasteiger partial charge in [-0.1, -0.05) is 24.3 Å². The summed E-state index contributed by atoms with van der Waals surface area (Å²) in [5, 5.41) is 6.72. The number of aryl methyl sites for hydroxylation is 1. The fraction of sp³-hybridized carbons (Fsp3) is 0.381. The molecule has 26 heavy (non-hydrogen) atoms. The zero-order valence-corrected chi connectivity index (χ0v) is 15.8. The molecule has 0 aliphatic carbocycles. The second kappa shape index (κ2) is 8.61. The molecule has 0 radical (unpaired) electrons. The van der Waals surface area contributed by atoms with E-state index in [0.29, 0.717) is 6.54 Å². The zero-order chi connectivity index (χ0) is 18.4. The van der Waals surface area contributed by atoms with Gasteiger partial charge in [0, 0.05) is 26.6 Å². The predicted octanol–water partition coefficient (Wildman–Crippen LogP) is 2.85. The number of ether oxygens (including phenoxy) is 2. The zero-order valence-electron chi connectivity index (χ0n) is 15.8. The summed E-state index contributed by atoms with van der Waals surface area (Å²) in [4.78, 5) is 4.30. The highest BCUT2D eigenvalue weighted by molar-refractivity contribution is 5.79. The molecule has 0 amide bonds. The highest BCUT2D eigenvalue weighted by Crippen LogP contribution is 2.25. The van der Waals surface area contributed by atoms with Gasteiger partial charge in [0.15, 0.2) is 5.96 Å². The summed E-state index contributed by atoms with van der Waals surface area (Å²) in [7, 11) is 3.49. The number of guanidine groups is 1. The Kier molecular flexibility index (Phi) is 6.00. The normalized spacial score (nSPS) is 13.1. The third kappa shape index (κ3) is 4.48. The van der Waals surface area contributed by atoms with E-state index in [2.05, 4.69) is 52.0 Å². The lowest BCUT2D eigenvalue weighted by atomic mass is 10.1. The van der Waals surface area contributed by atoms with E-state index in [0.717, 1.165) is 54.6 Å². The Morgan fingerprint density at radius 2 is 2.00 bits per heavy atom. The van der Waals surface area contributed by atoms with Crippen LogP contribution in [-0.2, 0) is 19.4 Å². The van der Waals surface area contributed by atoms with Gasteiger partial charge in [-0.05, 0) is 47.7 Å². The molecule has 0 saturated heterocycles. The van der Waals surface area contributed by atoms with Crippen molar-refractivity contribution in [2.45, 2.75) is 26.3 Å². The molecule has 0 atom stereocenters. The molecular formula is C21H27N3O2. The first-order chi connectivity index (χ1) is 12.7. The number of nitrogens with one attached hydrogen (secondary N) is 2. The van der Waals surface area contributed by atoms with E-state index in [4.69, 9.17) is 9.47 Å². The first kappa shape index (κ1) is 18.1. The molecule has 1 aliphatic rings. The molecular weight excluding hydrogens is 326 g/mol. The van der Waals surface area contributed by atoms with Crippen molar-refractivity contribution in [3.63, 3.8) is 0 Å². The van der Waals surface area contributed by atoms with Crippen molar-refractivity contribution >= 4 is 5.96 Å². The summed E-state index contributed by atoms with van der Waals surface area (Å²) in [5.74, 6) is 2.74. The standard InChI is InChI=1S/C21H27N3O2/c1-15-4-5-17(13-20(15)25-3)14-24-21(22-2)23-10-8-16-6-7-19-18(12-16)9-11-26-19/h4-7,12-13H,8-11,14H2,1-3H3,(H2,22,23,24). The molecule has 2 N–H and O–H groups in total. The maximum atomic E-state index is 5.56. The SMILES string of the molecule is CN=C(NCCc1ccc2c(c1)CCO2)NCc1ccc(C)c(OC)c1. The molecule has 0 bridgehead atoms. The number of nitrogens with zero attached hydrogens (tertiary/aromatic N) is 1. The molecule has 3 rings (SSSR count). The third-order valence-electron chi connectivity index (χ3n) is 4.62. The summed E-state index contributed by atoms with van der Waals surface area (Å²) < 4.78 is 10.9. The topological polar surface area (TPSA) is 54.9 Å². The fourth-order valence-corrected chi connectivity index (χ4v) is 3.10. The van der Waals surface area contributed by atoms with Crippen LogP contribution in [0.3, 0.4) is 0 Å². The van der Waals surface area contributed by atoms with Crippen LogP contribution in [0.5, 0.6) is 11.5 Å². The summed E-state index contributed by atoms with van der Waals surface area (Å²) >= 11 is 0. The second-order valence-electron chi connectivity index (χ2n) is 6.45. The van der Waals surface area contributed by atoms with Gasteiger partial charge in [0.05, 0.1) is 13.7 Å². The van der Waals surface area contributed by atoms with Crippen LogP contribution in [0.15, 0.2) is 41.4 Å². The monoisotopic (exact) mass is 353 g/mol. The Balaban J connectivity index is 1.47. The maximum absolute atomic E-state index is 5.56. The number of methoxy groups -OCH3 is 1. The molecule has 1 aliphatic heterocycles. The minimum absolute atomic E-state index is 0.701. The molecule has 0 fully saturated rings. The number of benzene rings is 2. The average Bonchev–Trinajstić information content (AvgIpc) is 3.13. The van der Waals surface area contributed by atoms with E-state index in [1.54, 1.807) is 14.2 Å². The van der Waals surface area contributed by atoms with E-state index in [9.17, 15) is 0 Å². The van der Waals surface area contributed by atoms with Gasteiger partial charge in [-0.3, -0.25) is 4.99 Å². The van der Waals surface area contributed by atoms with E-state index < -0.39 is 0 Å². The summed E-state index contributed by atoms with van der Waals surface area (Å²) in [6.45, 7) is 4.38. The molecule has 0 spiro atoms. The Labute approximate surface area is 155 Å². The maximum Gasteiger partial charge on any atom is 0.191 e. The van der Waals surface area contributed by atoms with Gasteiger partial charge in [-0.15, -0.1) is 0 Å². The van der Waals surface area contributed by atoms with Gasteiger partial charge >= 0.3 is 0 Å². The highest BCUT2D eigenvalue weighted by Gasteiger charge is 2.11. The van der Waals surface area contributed by atoms with Gasteiger partial charge in [-0.25, -0.2) is 0 Å². The van der Waals surface area contributed by atoms with Crippen molar-refractivity contribution in [1.29, 1.82) is 0 Å². The van der Waals surface area contributed by atoms with Crippen molar-refractivity contribution in [2.24, 2.45) is 4.99 Å². The molecule has 0 aromatic heterocycles. The van der Waals surface area contributed by atoms with Crippen LogP contribution in [-0.4, -0.2) is 33.3 Å². The molecule has 0 unspecified atom stereocenters. The van der Waals surface area contributed by atoms with Crippen molar-refractivity contribution in [2.75, 3.05) is 27.3 Å². The Morgan fingerprint density at radius 1 is 1.15 bits per heavy atom. The quantitative estimate of drug-likeness (QED) is 0.619.